The van der Waals surface area contributed by atoms with Crippen LogP contribution in [0.3, 0.4) is 0 Å². The Morgan fingerprint density at radius 3 is 2.63 bits per heavy atom. The van der Waals surface area contributed by atoms with Crippen LogP contribution in [-0.2, 0) is 14.3 Å². The summed E-state index contributed by atoms with van der Waals surface area (Å²) < 4.78 is 10.0. The van der Waals surface area contributed by atoms with Crippen molar-refractivity contribution in [2.75, 3.05) is 11.9 Å². The average molecular weight is 369 g/mol. The number of nitriles is 1. The van der Waals surface area contributed by atoms with Gasteiger partial charge < -0.3 is 19.8 Å². The second-order valence-electron chi connectivity index (χ2n) is 6.02. The van der Waals surface area contributed by atoms with Crippen molar-refractivity contribution >= 4 is 23.5 Å². The maximum absolute atomic E-state index is 12.3. The number of furan rings is 1. The van der Waals surface area contributed by atoms with Gasteiger partial charge in [-0.15, -0.1) is 0 Å². The van der Waals surface area contributed by atoms with Crippen molar-refractivity contribution in [1.29, 1.82) is 5.26 Å². The molecule has 0 aliphatic heterocycles. The highest BCUT2D eigenvalue weighted by Gasteiger charge is 2.27. The summed E-state index contributed by atoms with van der Waals surface area (Å²) >= 11 is 0. The van der Waals surface area contributed by atoms with E-state index in [9.17, 15) is 14.4 Å². The number of benzene rings is 1. The molecule has 0 fully saturated rings. The zero-order chi connectivity index (χ0) is 19.8. The van der Waals surface area contributed by atoms with Gasteiger partial charge in [0.15, 0.2) is 12.4 Å². The number of nitrogens with zero attached hydrogens (tertiary/aromatic N) is 1. The van der Waals surface area contributed by atoms with Crippen molar-refractivity contribution < 1.29 is 23.5 Å². The predicted octanol–water partition coefficient (Wildman–Crippen LogP) is 2.09. The Labute approximate surface area is 156 Å². The molecular formula is C19H19N3O5. The number of carbonyl (C=O) groups excluding carboxylic acids is 3. The molecule has 0 aliphatic carbocycles. The van der Waals surface area contributed by atoms with Gasteiger partial charge in [-0.3, -0.25) is 9.59 Å². The lowest BCUT2D eigenvalue weighted by Gasteiger charge is -2.20. The third-order valence-corrected chi connectivity index (χ3v) is 3.57. The number of hydrogen-bond donors (Lipinski definition) is 2. The van der Waals surface area contributed by atoms with Crippen molar-refractivity contribution in [3.05, 3.63) is 54.0 Å². The van der Waals surface area contributed by atoms with Crippen LogP contribution in [-0.4, -0.2) is 30.4 Å². The molecule has 1 aromatic heterocycles. The van der Waals surface area contributed by atoms with E-state index in [4.69, 9.17) is 14.4 Å². The highest BCUT2D eigenvalue weighted by molar-refractivity contribution is 5.96. The quantitative estimate of drug-likeness (QED) is 0.721. The SMILES string of the molecule is CC(C)[C@H](NC(=O)c1ccco1)C(=O)OCC(=O)Nc1cccc(C#N)c1. The minimum Gasteiger partial charge on any atom is -0.459 e. The molecule has 0 bridgehead atoms. The zero-order valence-corrected chi connectivity index (χ0v) is 14.9. The molecule has 0 radical (unpaired) electrons. The second kappa shape index (κ2) is 9.20. The minimum absolute atomic E-state index is 0.0727. The van der Waals surface area contributed by atoms with Crippen molar-refractivity contribution in [2.24, 2.45) is 5.92 Å². The molecule has 0 spiro atoms. The third kappa shape index (κ3) is 5.71. The van der Waals surface area contributed by atoms with Gasteiger partial charge in [0.1, 0.15) is 6.04 Å². The molecule has 1 atom stereocenters. The Morgan fingerprint density at radius 1 is 1.22 bits per heavy atom. The van der Waals surface area contributed by atoms with Crippen molar-refractivity contribution in [3.8, 4) is 6.07 Å². The summed E-state index contributed by atoms with van der Waals surface area (Å²) in [4.78, 5) is 36.2. The lowest BCUT2D eigenvalue weighted by atomic mass is 10.0. The first kappa shape index (κ1) is 19.7. The van der Waals surface area contributed by atoms with Gasteiger partial charge >= 0.3 is 5.97 Å². The van der Waals surface area contributed by atoms with E-state index in [1.807, 2.05) is 6.07 Å². The Bertz CT molecular complexity index is 852. The van der Waals surface area contributed by atoms with Gasteiger partial charge in [-0.25, -0.2) is 4.79 Å². The second-order valence-corrected chi connectivity index (χ2v) is 6.02. The van der Waals surface area contributed by atoms with Crippen LogP contribution in [0.15, 0.2) is 47.1 Å². The van der Waals surface area contributed by atoms with Gasteiger partial charge in [0.2, 0.25) is 0 Å². The number of anilines is 1. The topological polar surface area (TPSA) is 121 Å². The first-order chi connectivity index (χ1) is 12.9. The first-order valence-electron chi connectivity index (χ1n) is 8.21. The molecule has 2 rings (SSSR count). The summed E-state index contributed by atoms with van der Waals surface area (Å²) in [6.45, 7) is 2.96. The van der Waals surface area contributed by atoms with Crippen LogP contribution in [0.1, 0.15) is 30.0 Å². The van der Waals surface area contributed by atoms with Gasteiger partial charge in [-0.05, 0) is 36.2 Å². The van der Waals surface area contributed by atoms with E-state index in [0.29, 0.717) is 11.3 Å². The summed E-state index contributed by atoms with van der Waals surface area (Å²) in [6, 6.07) is 10.4. The molecule has 8 nitrogen and oxygen atoms in total. The number of hydrogen-bond acceptors (Lipinski definition) is 6. The van der Waals surface area contributed by atoms with E-state index in [1.54, 1.807) is 38.1 Å². The first-order valence-corrected chi connectivity index (χ1v) is 8.21. The van der Waals surface area contributed by atoms with E-state index in [2.05, 4.69) is 10.6 Å². The average Bonchev–Trinajstić information content (AvgIpc) is 3.18. The maximum atomic E-state index is 12.3. The van der Waals surface area contributed by atoms with Crippen molar-refractivity contribution in [3.63, 3.8) is 0 Å². The van der Waals surface area contributed by atoms with Crippen LogP contribution >= 0.6 is 0 Å². The Kier molecular flexibility index (Phi) is 6.72. The van der Waals surface area contributed by atoms with Gasteiger partial charge in [0.05, 0.1) is 17.9 Å². The zero-order valence-electron chi connectivity index (χ0n) is 14.9. The summed E-state index contributed by atoms with van der Waals surface area (Å²) in [5.41, 5.74) is 0.812. The fourth-order valence-corrected chi connectivity index (χ4v) is 2.21. The third-order valence-electron chi connectivity index (χ3n) is 3.57. The molecule has 0 saturated carbocycles. The molecule has 0 saturated heterocycles. The van der Waals surface area contributed by atoms with Gasteiger partial charge in [-0.2, -0.15) is 5.26 Å². The summed E-state index contributed by atoms with van der Waals surface area (Å²) in [5.74, 6) is -2.02. The van der Waals surface area contributed by atoms with Crippen molar-refractivity contribution in [2.45, 2.75) is 19.9 Å². The largest absolute Gasteiger partial charge is 0.459 e. The molecule has 1 aromatic carbocycles. The van der Waals surface area contributed by atoms with Crippen LogP contribution in [0.4, 0.5) is 5.69 Å². The smallest absolute Gasteiger partial charge is 0.329 e. The van der Waals surface area contributed by atoms with E-state index in [-0.39, 0.29) is 11.7 Å². The minimum atomic E-state index is -0.933. The van der Waals surface area contributed by atoms with Crippen LogP contribution in [0.2, 0.25) is 0 Å². The molecule has 2 N–H and O–H groups in total. The summed E-state index contributed by atoms with van der Waals surface area (Å²) in [5, 5.41) is 13.9. The summed E-state index contributed by atoms with van der Waals surface area (Å²) in [6.07, 6.45) is 1.35. The van der Waals surface area contributed by atoms with Crippen molar-refractivity contribution in [1.82, 2.24) is 5.32 Å². The number of carbonyl (C=O) groups is 3. The molecule has 8 heteroatoms. The molecule has 1 heterocycles. The number of esters is 1. The molecule has 27 heavy (non-hydrogen) atoms. The van der Waals surface area contributed by atoms with Crippen LogP contribution < -0.4 is 10.6 Å². The lowest BCUT2D eigenvalue weighted by Crippen LogP contribution is -2.45. The highest BCUT2D eigenvalue weighted by atomic mass is 16.5. The van der Waals surface area contributed by atoms with E-state index >= 15 is 0 Å². The van der Waals surface area contributed by atoms with Gasteiger partial charge in [0, 0.05) is 5.69 Å². The normalized spacial score (nSPS) is 11.3. The van der Waals surface area contributed by atoms with Gasteiger partial charge in [0.25, 0.3) is 11.8 Å². The molecule has 140 valence electrons. The Hall–Kier alpha value is -3.60. The number of nitrogens with one attached hydrogen (secondary N) is 2. The number of rotatable bonds is 7. The fourth-order valence-electron chi connectivity index (χ4n) is 2.21. The monoisotopic (exact) mass is 369 g/mol. The molecule has 2 amide bonds. The van der Waals surface area contributed by atoms with Crippen LogP contribution in [0.25, 0.3) is 0 Å². The van der Waals surface area contributed by atoms with Crippen LogP contribution in [0, 0.1) is 17.2 Å². The molecule has 2 aromatic rings. The van der Waals surface area contributed by atoms with E-state index in [1.165, 1.54) is 18.4 Å². The van der Waals surface area contributed by atoms with E-state index < -0.39 is 30.4 Å². The Morgan fingerprint density at radius 2 is 2.00 bits per heavy atom. The molecule has 0 unspecified atom stereocenters. The number of ether oxygens (including phenoxy) is 1. The predicted molar refractivity (Wildman–Crippen MR) is 95.5 cm³/mol. The molecular weight excluding hydrogens is 350 g/mol. The standard InChI is InChI=1S/C19H19N3O5/c1-12(2)17(22-18(24)15-7-4-8-26-15)19(25)27-11-16(23)21-14-6-3-5-13(9-14)10-20/h3-9,12,17H,11H2,1-2H3,(H,21,23)(H,22,24)/t17-/m0/s1. The van der Waals surface area contributed by atoms with E-state index in [0.717, 1.165) is 0 Å². The maximum Gasteiger partial charge on any atom is 0.329 e. The summed E-state index contributed by atoms with van der Waals surface area (Å²) in [7, 11) is 0. The molecule has 0 aliphatic rings. The lowest BCUT2D eigenvalue weighted by molar-refractivity contribution is -0.150. The van der Waals surface area contributed by atoms with Gasteiger partial charge in [-0.1, -0.05) is 19.9 Å². The number of amides is 2. The fraction of sp³-hybridized carbons (Fsp3) is 0.263. The van der Waals surface area contributed by atoms with Crippen LogP contribution in [0.5, 0.6) is 0 Å². The highest BCUT2D eigenvalue weighted by Crippen LogP contribution is 2.10. The Balaban J connectivity index is 1.90.